The van der Waals surface area contributed by atoms with E-state index in [9.17, 15) is 9.59 Å². The number of ether oxygens (including phenoxy) is 2. The third-order valence-corrected chi connectivity index (χ3v) is 4.72. The van der Waals surface area contributed by atoms with Crippen LogP contribution >= 0.6 is 0 Å². The molecule has 2 heterocycles. The van der Waals surface area contributed by atoms with E-state index >= 15 is 0 Å². The van der Waals surface area contributed by atoms with Crippen LogP contribution in [0.15, 0.2) is 60.9 Å². The molecule has 2 aromatic carbocycles. The summed E-state index contributed by atoms with van der Waals surface area (Å²) in [4.78, 5) is 28.5. The van der Waals surface area contributed by atoms with E-state index in [0.29, 0.717) is 34.1 Å². The summed E-state index contributed by atoms with van der Waals surface area (Å²) in [5, 5.41) is 8.33. The maximum Gasteiger partial charge on any atom is 0.323 e. The number of anilines is 3. The van der Waals surface area contributed by atoms with Crippen LogP contribution in [0.4, 0.5) is 21.9 Å². The maximum absolute atomic E-state index is 12.5. The smallest absolute Gasteiger partial charge is 0.323 e. The summed E-state index contributed by atoms with van der Waals surface area (Å²) in [6.07, 6.45) is 4.98. The number of methoxy groups -OCH3 is 2. The molecule has 0 bridgehead atoms. The average molecular weight is 416 g/mol. The van der Waals surface area contributed by atoms with Crippen molar-refractivity contribution in [3.8, 4) is 11.5 Å². The summed E-state index contributed by atoms with van der Waals surface area (Å²) in [5.41, 5.74) is 4.00. The quantitative estimate of drug-likeness (QED) is 0.540. The van der Waals surface area contributed by atoms with Crippen LogP contribution in [0.1, 0.15) is 11.1 Å². The van der Waals surface area contributed by atoms with Crippen molar-refractivity contribution in [3.05, 3.63) is 72.1 Å². The summed E-state index contributed by atoms with van der Waals surface area (Å²) in [6, 6.07) is 13.7. The number of fused-ring (bicyclic) bond motifs is 1. The molecule has 0 fully saturated rings. The number of carbonyl (C=O) groups is 2. The highest BCUT2D eigenvalue weighted by molar-refractivity contribution is 6.35. The summed E-state index contributed by atoms with van der Waals surface area (Å²) >= 11 is 0. The molecule has 8 heteroatoms. The Morgan fingerprint density at radius 2 is 1.55 bits per heavy atom. The van der Waals surface area contributed by atoms with Crippen LogP contribution in [0.5, 0.6) is 11.5 Å². The van der Waals surface area contributed by atoms with Crippen molar-refractivity contribution in [1.29, 1.82) is 0 Å². The molecule has 4 rings (SSSR count). The lowest BCUT2D eigenvalue weighted by Gasteiger charge is -2.09. The van der Waals surface area contributed by atoms with Gasteiger partial charge in [-0.25, -0.2) is 4.79 Å². The molecule has 3 N–H and O–H groups in total. The van der Waals surface area contributed by atoms with Crippen molar-refractivity contribution in [2.24, 2.45) is 0 Å². The molecule has 31 heavy (non-hydrogen) atoms. The van der Waals surface area contributed by atoms with Gasteiger partial charge in [-0.2, -0.15) is 0 Å². The molecule has 1 aliphatic heterocycles. The number of nitrogens with one attached hydrogen (secondary N) is 3. The number of urea groups is 1. The SMILES string of the molecule is COc1cc2c(cc1OC)/C(=C\c1ccc(NC(=O)Nc3ccncc3)cc1)C(=O)N2. The largest absolute Gasteiger partial charge is 0.493 e. The number of carbonyl (C=O) groups excluding carboxylic acids is 2. The van der Waals surface area contributed by atoms with Gasteiger partial charge in [-0.05, 0) is 42.0 Å². The molecule has 0 atom stereocenters. The Bertz CT molecular complexity index is 1160. The average Bonchev–Trinajstić information content (AvgIpc) is 3.08. The van der Waals surface area contributed by atoms with Gasteiger partial charge in [0.25, 0.3) is 5.91 Å². The molecule has 8 nitrogen and oxygen atoms in total. The molecule has 1 aromatic heterocycles. The zero-order valence-electron chi connectivity index (χ0n) is 16.9. The van der Waals surface area contributed by atoms with Crippen LogP contribution in [-0.4, -0.2) is 31.1 Å². The van der Waals surface area contributed by atoms with Crippen molar-refractivity contribution in [2.75, 3.05) is 30.2 Å². The van der Waals surface area contributed by atoms with Gasteiger partial charge in [-0.1, -0.05) is 12.1 Å². The first kappa shape index (κ1) is 20.0. The standard InChI is InChI=1S/C23H20N4O4/c1-30-20-12-17-18(22(28)27-19(17)13-21(20)31-2)11-14-3-5-15(6-4-14)25-23(29)26-16-7-9-24-10-8-16/h3-13H,1-2H3,(H,27,28)(H2,24,25,26,29)/b18-11+. The van der Waals surface area contributed by atoms with Crippen molar-refractivity contribution in [1.82, 2.24) is 4.98 Å². The van der Waals surface area contributed by atoms with Gasteiger partial charge in [-0.3, -0.25) is 9.78 Å². The van der Waals surface area contributed by atoms with E-state index in [-0.39, 0.29) is 11.9 Å². The molecule has 0 radical (unpaired) electrons. The first-order valence-corrected chi connectivity index (χ1v) is 9.45. The summed E-state index contributed by atoms with van der Waals surface area (Å²) < 4.78 is 10.6. The topological polar surface area (TPSA) is 102 Å². The molecule has 3 amide bonds. The summed E-state index contributed by atoms with van der Waals surface area (Å²) in [5.74, 6) is 0.885. The van der Waals surface area contributed by atoms with E-state index in [1.54, 1.807) is 69.1 Å². The van der Waals surface area contributed by atoms with Crippen LogP contribution < -0.4 is 25.4 Å². The molecule has 0 aliphatic carbocycles. The third kappa shape index (κ3) is 4.32. The fraction of sp³-hybridized carbons (Fsp3) is 0.0870. The zero-order valence-corrected chi connectivity index (χ0v) is 16.9. The molecule has 1 aliphatic rings. The van der Waals surface area contributed by atoms with E-state index in [1.807, 2.05) is 12.1 Å². The molecule has 156 valence electrons. The normalized spacial score (nSPS) is 13.4. The summed E-state index contributed by atoms with van der Waals surface area (Å²) in [6.45, 7) is 0. The molecule has 0 saturated heterocycles. The Morgan fingerprint density at radius 3 is 2.19 bits per heavy atom. The van der Waals surface area contributed by atoms with Gasteiger partial charge in [0.15, 0.2) is 11.5 Å². The van der Waals surface area contributed by atoms with Crippen LogP contribution in [0.2, 0.25) is 0 Å². The fourth-order valence-electron chi connectivity index (χ4n) is 3.22. The molecule has 0 spiro atoms. The van der Waals surface area contributed by atoms with E-state index in [2.05, 4.69) is 20.9 Å². The van der Waals surface area contributed by atoms with Crippen LogP contribution in [-0.2, 0) is 4.79 Å². The van der Waals surface area contributed by atoms with Gasteiger partial charge < -0.3 is 25.4 Å². The van der Waals surface area contributed by atoms with E-state index in [4.69, 9.17) is 9.47 Å². The van der Waals surface area contributed by atoms with Crippen molar-refractivity contribution >= 4 is 40.6 Å². The number of hydrogen-bond acceptors (Lipinski definition) is 5. The predicted molar refractivity (Wildman–Crippen MR) is 119 cm³/mol. The monoisotopic (exact) mass is 416 g/mol. The van der Waals surface area contributed by atoms with Crippen molar-refractivity contribution in [2.45, 2.75) is 0 Å². The van der Waals surface area contributed by atoms with Gasteiger partial charge in [0.2, 0.25) is 0 Å². The van der Waals surface area contributed by atoms with Gasteiger partial charge in [-0.15, -0.1) is 0 Å². The number of nitrogens with zero attached hydrogens (tertiary/aromatic N) is 1. The lowest BCUT2D eigenvalue weighted by molar-refractivity contribution is -0.110. The highest BCUT2D eigenvalue weighted by atomic mass is 16.5. The Morgan fingerprint density at radius 1 is 0.935 bits per heavy atom. The van der Waals surface area contributed by atoms with Gasteiger partial charge in [0, 0.05) is 41.0 Å². The Hall–Kier alpha value is -4.33. The van der Waals surface area contributed by atoms with Crippen LogP contribution in [0, 0.1) is 0 Å². The Kier molecular flexibility index (Phi) is 5.53. The number of benzene rings is 2. The van der Waals surface area contributed by atoms with E-state index in [1.165, 1.54) is 0 Å². The molecule has 0 unspecified atom stereocenters. The fourth-order valence-corrected chi connectivity index (χ4v) is 3.22. The zero-order chi connectivity index (χ0) is 21.8. The minimum absolute atomic E-state index is 0.204. The minimum Gasteiger partial charge on any atom is -0.493 e. The lowest BCUT2D eigenvalue weighted by atomic mass is 10.0. The first-order chi connectivity index (χ1) is 15.1. The number of amides is 3. The Labute approximate surface area is 178 Å². The van der Waals surface area contributed by atoms with Crippen LogP contribution in [0.25, 0.3) is 11.6 Å². The first-order valence-electron chi connectivity index (χ1n) is 9.45. The number of rotatable bonds is 5. The van der Waals surface area contributed by atoms with Crippen molar-refractivity contribution in [3.63, 3.8) is 0 Å². The van der Waals surface area contributed by atoms with Crippen LogP contribution in [0.3, 0.4) is 0 Å². The summed E-state index contributed by atoms with van der Waals surface area (Å²) in [7, 11) is 3.10. The Balaban J connectivity index is 1.51. The lowest BCUT2D eigenvalue weighted by Crippen LogP contribution is -2.19. The molecule has 3 aromatic rings. The number of pyridine rings is 1. The highest BCUT2D eigenvalue weighted by Crippen LogP contribution is 2.41. The van der Waals surface area contributed by atoms with Gasteiger partial charge in [0.05, 0.1) is 19.9 Å². The third-order valence-electron chi connectivity index (χ3n) is 4.72. The molecule has 0 saturated carbocycles. The second-order valence-electron chi connectivity index (χ2n) is 6.70. The second kappa shape index (κ2) is 8.58. The second-order valence-corrected chi connectivity index (χ2v) is 6.70. The number of hydrogen-bond donors (Lipinski definition) is 3. The van der Waals surface area contributed by atoms with Gasteiger partial charge in [0.1, 0.15) is 0 Å². The number of aromatic nitrogens is 1. The van der Waals surface area contributed by atoms with Crippen molar-refractivity contribution < 1.29 is 19.1 Å². The maximum atomic E-state index is 12.5. The molecular weight excluding hydrogens is 396 g/mol. The predicted octanol–water partition coefficient (Wildman–Crippen LogP) is 4.24. The molecular formula is C23H20N4O4. The van der Waals surface area contributed by atoms with E-state index < -0.39 is 0 Å². The highest BCUT2D eigenvalue weighted by Gasteiger charge is 2.26. The van der Waals surface area contributed by atoms with E-state index in [0.717, 1.165) is 11.1 Å². The van der Waals surface area contributed by atoms with Gasteiger partial charge >= 0.3 is 6.03 Å². The minimum atomic E-state index is -0.359.